The van der Waals surface area contributed by atoms with Crippen molar-refractivity contribution in [3.8, 4) is 5.75 Å². The minimum Gasteiger partial charge on any atom is -0.497 e. The Kier molecular flexibility index (Phi) is 3.90. The van der Waals surface area contributed by atoms with E-state index in [2.05, 4.69) is 11.0 Å². The lowest BCUT2D eigenvalue weighted by molar-refractivity contribution is 0.414. The minimum absolute atomic E-state index is 0.310. The zero-order chi connectivity index (χ0) is 15.7. The fourth-order valence-electron chi connectivity index (χ4n) is 2.50. The number of rotatable bonds is 4. The molecule has 4 nitrogen and oxygen atoms in total. The molecule has 0 aliphatic carbocycles. The number of nitrogens with zero attached hydrogens (tertiary/aromatic N) is 1. The van der Waals surface area contributed by atoms with E-state index in [0.717, 1.165) is 27.6 Å². The number of anilines is 1. The van der Waals surface area contributed by atoms with Crippen LogP contribution in [0.5, 0.6) is 5.75 Å². The van der Waals surface area contributed by atoms with Crippen molar-refractivity contribution < 1.29 is 9.15 Å². The first-order valence-corrected chi connectivity index (χ1v) is 7.77. The first-order valence-electron chi connectivity index (χ1n) is 6.96. The maximum absolute atomic E-state index is 11.4. The van der Waals surface area contributed by atoms with Crippen molar-refractivity contribution in [1.82, 2.24) is 0 Å². The average Bonchev–Trinajstić information content (AvgIpc) is 2.84. The van der Waals surface area contributed by atoms with Gasteiger partial charge >= 0.3 is 5.63 Å². The molecule has 3 aromatic rings. The van der Waals surface area contributed by atoms with Crippen LogP contribution in [0, 0.1) is 6.92 Å². The molecule has 2 aromatic heterocycles. The lowest BCUT2D eigenvalue weighted by atomic mass is 10.2. The summed E-state index contributed by atoms with van der Waals surface area (Å²) >= 11 is 1.63. The third kappa shape index (κ3) is 2.72. The van der Waals surface area contributed by atoms with Crippen LogP contribution in [0.25, 0.3) is 10.3 Å². The van der Waals surface area contributed by atoms with Crippen LogP contribution in [0.4, 0.5) is 5.00 Å². The Labute approximate surface area is 132 Å². The Morgan fingerprint density at radius 1 is 1.27 bits per heavy atom. The number of fused-ring (bicyclic) bond motifs is 1. The third-order valence-electron chi connectivity index (χ3n) is 3.57. The van der Waals surface area contributed by atoms with Gasteiger partial charge < -0.3 is 14.1 Å². The Morgan fingerprint density at radius 3 is 2.86 bits per heavy atom. The monoisotopic (exact) mass is 315 g/mol. The summed E-state index contributed by atoms with van der Waals surface area (Å²) in [6.07, 6.45) is 0. The Hall–Kier alpha value is -2.27. The number of aryl methyl sites for hydroxylation is 1. The van der Waals surface area contributed by atoms with E-state index in [1.165, 1.54) is 11.6 Å². The van der Waals surface area contributed by atoms with Gasteiger partial charge in [0.2, 0.25) is 0 Å². The molecule has 114 valence electrons. The highest BCUT2D eigenvalue weighted by atomic mass is 32.1. The molecule has 0 unspecified atom stereocenters. The third-order valence-corrected chi connectivity index (χ3v) is 4.92. The molecule has 0 atom stereocenters. The van der Waals surface area contributed by atoms with Crippen molar-refractivity contribution in [1.29, 1.82) is 0 Å². The number of methoxy groups -OCH3 is 1. The molecular formula is C17H17NO3S. The van der Waals surface area contributed by atoms with Crippen LogP contribution in [-0.4, -0.2) is 14.2 Å². The lowest BCUT2D eigenvalue weighted by Crippen LogP contribution is -2.15. The first kappa shape index (κ1) is 14.7. The highest BCUT2D eigenvalue weighted by Gasteiger charge is 2.15. The predicted octanol–water partition coefficient (Wildman–Crippen LogP) is 3.81. The van der Waals surface area contributed by atoms with Crippen molar-refractivity contribution in [2.24, 2.45) is 0 Å². The van der Waals surface area contributed by atoms with Crippen molar-refractivity contribution in [3.05, 3.63) is 57.9 Å². The van der Waals surface area contributed by atoms with E-state index < -0.39 is 0 Å². The molecule has 22 heavy (non-hydrogen) atoms. The topological polar surface area (TPSA) is 42.7 Å². The number of hydrogen-bond acceptors (Lipinski definition) is 5. The second-order valence-electron chi connectivity index (χ2n) is 5.19. The van der Waals surface area contributed by atoms with Gasteiger partial charge in [0.15, 0.2) is 5.58 Å². The molecule has 0 spiro atoms. The number of benzene rings is 1. The van der Waals surface area contributed by atoms with Gasteiger partial charge in [-0.15, -0.1) is 11.3 Å². The summed E-state index contributed by atoms with van der Waals surface area (Å²) in [5.41, 5.74) is 2.55. The van der Waals surface area contributed by atoms with Crippen LogP contribution in [0.15, 0.2) is 45.6 Å². The fourth-order valence-corrected chi connectivity index (χ4v) is 3.60. The smallest absolute Gasteiger partial charge is 0.336 e. The number of thiophene rings is 1. The summed E-state index contributed by atoms with van der Waals surface area (Å²) in [5.74, 6) is 0.852. The summed E-state index contributed by atoms with van der Waals surface area (Å²) in [6, 6.07) is 11.3. The van der Waals surface area contributed by atoms with Crippen LogP contribution in [-0.2, 0) is 6.54 Å². The van der Waals surface area contributed by atoms with Gasteiger partial charge in [0, 0.05) is 25.2 Å². The molecule has 0 saturated heterocycles. The van der Waals surface area contributed by atoms with Gasteiger partial charge in [0.05, 0.1) is 16.8 Å². The van der Waals surface area contributed by atoms with Gasteiger partial charge in [-0.25, -0.2) is 4.79 Å². The van der Waals surface area contributed by atoms with Crippen LogP contribution in [0.3, 0.4) is 0 Å². The van der Waals surface area contributed by atoms with Crippen LogP contribution >= 0.6 is 11.3 Å². The maximum atomic E-state index is 11.4. The molecule has 5 heteroatoms. The molecule has 1 aromatic carbocycles. The van der Waals surface area contributed by atoms with Gasteiger partial charge in [0.1, 0.15) is 5.75 Å². The quantitative estimate of drug-likeness (QED) is 0.734. The average molecular weight is 315 g/mol. The summed E-state index contributed by atoms with van der Waals surface area (Å²) in [4.78, 5) is 13.5. The molecule has 0 fully saturated rings. The van der Waals surface area contributed by atoms with E-state index in [9.17, 15) is 4.79 Å². The summed E-state index contributed by atoms with van der Waals surface area (Å²) < 4.78 is 11.6. The summed E-state index contributed by atoms with van der Waals surface area (Å²) in [6.45, 7) is 2.74. The zero-order valence-electron chi connectivity index (χ0n) is 12.8. The maximum Gasteiger partial charge on any atom is 0.336 e. The normalized spacial score (nSPS) is 10.9. The predicted molar refractivity (Wildman–Crippen MR) is 90.2 cm³/mol. The van der Waals surface area contributed by atoms with Gasteiger partial charge in [-0.3, -0.25) is 0 Å². The first-order chi connectivity index (χ1) is 10.6. The van der Waals surface area contributed by atoms with E-state index in [-0.39, 0.29) is 5.63 Å². The Balaban J connectivity index is 1.93. The van der Waals surface area contributed by atoms with Crippen LogP contribution < -0.4 is 15.3 Å². The summed E-state index contributed by atoms with van der Waals surface area (Å²) in [7, 11) is 3.70. The molecule has 3 rings (SSSR count). The van der Waals surface area contributed by atoms with Crippen molar-refractivity contribution >= 4 is 26.6 Å². The molecule has 0 N–H and O–H groups in total. The van der Waals surface area contributed by atoms with Crippen molar-refractivity contribution in [2.75, 3.05) is 19.1 Å². The van der Waals surface area contributed by atoms with Gasteiger partial charge in [-0.2, -0.15) is 0 Å². The van der Waals surface area contributed by atoms with Crippen molar-refractivity contribution in [3.63, 3.8) is 0 Å². The van der Waals surface area contributed by atoms with Gasteiger partial charge in [-0.1, -0.05) is 12.1 Å². The lowest BCUT2D eigenvalue weighted by Gasteiger charge is -2.18. The molecule has 0 aliphatic heterocycles. The second-order valence-corrected chi connectivity index (χ2v) is 6.22. The number of ether oxygens (including phenoxy) is 1. The molecule has 2 heterocycles. The van der Waals surface area contributed by atoms with E-state index in [1.807, 2.05) is 38.2 Å². The van der Waals surface area contributed by atoms with Gasteiger partial charge in [0.25, 0.3) is 0 Å². The molecule has 0 aliphatic rings. The fraction of sp³-hybridized carbons (Fsp3) is 0.235. The molecule has 0 saturated carbocycles. The summed E-state index contributed by atoms with van der Waals surface area (Å²) in [5, 5.41) is 1.10. The van der Waals surface area contributed by atoms with Crippen molar-refractivity contribution in [2.45, 2.75) is 13.5 Å². The standard InChI is InChI=1S/C17H17NO3S/c1-11-16-14(7-8-15(19)21-16)22-17(11)18(2)10-12-5-4-6-13(9-12)20-3/h4-9H,10H2,1-3H3. The highest BCUT2D eigenvalue weighted by Crippen LogP contribution is 2.36. The molecular weight excluding hydrogens is 298 g/mol. The van der Waals surface area contributed by atoms with Crippen LogP contribution in [0.2, 0.25) is 0 Å². The van der Waals surface area contributed by atoms with Crippen LogP contribution in [0.1, 0.15) is 11.1 Å². The van der Waals surface area contributed by atoms with E-state index in [4.69, 9.17) is 9.15 Å². The molecule has 0 amide bonds. The van der Waals surface area contributed by atoms with E-state index in [0.29, 0.717) is 5.58 Å². The zero-order valence-corrected chi connectivity index (χ0v) is 13.6. The van der Waals surface area contributed by atoms with Gasteiger partial charge in [-0.05, 0) is 30.7 Å². The van der Waals surface area contributed by atoms with E-state index in [1.54, 1.807) is 18.4 Å². The largest absolute Gasteiger partial charge is 0.497 e. The second kappa shape index (κ2) is 5.85. The Morgan fingerprint density at radius 2 is 2.09 bits per heavy atom. The van der Waals surface area contributed by atoms with E-state index >= 15 is 0 Å². The molecule has 0 bridgehead atoms. The Bertz CT molecular complexity index is 866. The minimum atomic E-state index is -0.310. The SMILES string of the molecule is COc1cccc(CN(C)c2sc3ccc(=O)oc3c2C)c1. The highest BCUT2D eigenvalue weighted by molar-refractivity contribution is 7.23. The molecule has 0 radical (unpaired) electrons. The number of hydrogen-bond donors (Lipinski definition) is 0.